The van der Waals surface area contributed by atoms with E-state index in [0.717, 1.165) is 6.07 Å². The molecule has 1 heterocycles. The number of ether oxygens (including phenoxy) is 1. The first-order chi connectivity index (χ1) is 12.7. The summed E-state index contributed by atoms with van der Waals surface area (Å²) in [5, 5.41) is 2.53. The van der Waals surface area contributed by atoms with Crippen LogP contribution in [0, 0.1) is 11.6 Å². The van der Waals surface area contributed by atoms with E-state index in [9.17, 15) is 26.8 Å². The molecule has 0 saturated carbocycles. The summed E-state index contributed by atoms with van der Waals surface area (Å²) in [6.07, 6.45) is -0.242. The molecule has 27 heavy (non-hydrogen) atoms. The molecule has 0 radical (unpaired) electrons. The van der Waals surface area contributed by atoms with Gasteiger partial charge in [0.25, 0.3) is 21.8 Å². The van der Waals surface area contributed by atoms with Crippen molar-refractivity contribution in [3.8, 4) is 5.75 Å². The minimum Gasteiger partial charge on any atom is -0.478 e. The Balaban J connectivity index is 1.86. The van der Waals surface area contributed by atoms with Crippen molar-refractivity contribution in [2.45, 2.75) is 24.3 Å². The van der Waals surface area contributed by atoms with E-state index in [0.29, 0.717) is 30.4 Å². The topological polar surface area (TPSA) is 102 Å². The normalized spacial score (nSPS) is 16.1. The maximum atomic E-state index is 13.2. The molecule has 0 fully saturated rings. The van der Waals surface area contributed by atoms with Gasteiger partial charge in [-0.15, -0.1) is 0 Å². The number of amides is 2. The fourth-order valence-corrected chi connectivity index (χ4v) is 3.49. The molecule has 2 aromatic carbocycles. The van der Waals surface area contributed by atoms with Gasteiger partial charge in [0, 0.05) is 11.6 Å². The minimum atomic E-state index is -4.35. The molecule has 1 aliphatic heterocycles. The van der Waals surface area contributed by atoms with Crippen molar-refractivity contribution in [3.63, 3.8) is 0 Å². The Hall–Kier alpha value is -3.01. The third-order valence-electron chi connectivity index (χ3n) is 3.80. The van der Waals surface area contributed by atoms with Gasteiger partial charge in [-0.25, -0.2) is 21.9 Å². The Morgan fingerprint density at radius 3 is 2.48 bits per heavy atom. The third-order valence-corrected chi connectivity index (χ3v) is 5.13. The highest BCUT2D eigenvalue weighted by molar-refractivity contribution is 7.90. The monoisotopic (exact) mass is 396 g/mol. The molecular weight excluding hydrogens is 382 g/mol. The summed E-state index contributed by atoms with van der Waals surface area (Å²) < 4.78 is 58.4. The van der Waals surface area contributed by atoms with Gasteiger partial charge in [0.2, 0.25) is 0 Å². The number of hydrogen-bond donors (Lipinski definition) is 2. The van der Waals surface area contributed by atoms with Crippen LogP contribution in [0.25, 0.3) is 0 Å². The van der Waals surface area contributed by atoms with Gasteiger partial charge in [0.1, 0.15) is 17.4 Å². The van der Waals surface area contributed by atoms with Crippen LogP contribution in [0.5, 0.6) is 5.75 Å². The fraction of sp³-hybridized carbons (Fsp3) is 0.176. The number of nitrogens with one attached hydrogen (secondary N) is 2. The molecular formula is C17H14F2N2O5S. The lowest BCUT2D eigenvalue weighted by Crippen LogP contribution is -2.36. The quantitative estimate of drug-likeness (QED) is 0.825. The first-order valence-corrected chi connectivity index (χ1v) is 9.32. The standard InChI is InChI=1S/C17H14F2N2O5S/c1-2-14-17(23)20-13-8-12(3-4-15(13)26-14)27(24,25)21-16(22)9-5-10(18)7-11(19)6-9/h3-8,14H,2H2,1H3,(H,20,23)(H,21,22). The SMILES string of the molecule is CCC1Oc2ccc(S(=O)(=O)NC(=O)c3cc(F)cc(F)c3)cc2NC1=O. The molecule has 0 bridgehead atoms. The van der Waals surface area contributed by atoms with Crippen LogP contribution in [0.1, 0.15) is 23.7 Å². The van der Waals surface area contributed by atoms with Crippen molar-refractivity contribution >= 4 is 27.5 Å². The number of sulfonamides is 1. The summed E-state index contributed by atoms with van der Waals surface area (Å²) in [5.74, 6) is -3.36. The van der Waals surface area contributed by atoms with Gasteiger partial charge < -0.3 is 10.1 Å². The predicted molar refractivity (Wildman–Crippen MR) is 90.8 cm³/mol. The Morgan fingerprint density at radius 2 is 1.85 bits per heavy atom. The summed E-state index contributed by atoms with van der Waals surface area (Å²) in [7, 11) is -4.35. The minimum absolute atomic E-state index is 0.136. The van der Waals surface area contributed by atoms with E-state index in [2.05, 4.69) is 5.32 Å². The molecule has 1 unspecified atom stereocenters. The number of benzene rings is 2. The van der Waals surface area contributed by atoms with Crippen LogP contribution >= 0.6 is 0 Å². The number of carbonyl (C=O) groups excluding carboxylic acids is 2. The number of halogens is 2. The molecule has 0 saturated heterocycles. The van der Waals surface area contributed by atoms with Gasteiger partial charge in [-0.05, 0) is 36.8 Å². The van der Waals surface area contributed by atoms with Gasteiger partial charge >= 0.3 is 0 Å². The van der Waals surface area contributed by atoms with Crippen molar-refractivity contribution in [2.75, 3.05) is 5.32 Å². The zero-order valence-corrected chi connectivity index (χ0v) is 14.8. The predicted octanol–water partition coefficient (Wildman–Crippen LogP) is 2.19. The molecule has 0 spiro atoms. The van der Waals surface area contributed by atoms with Crippen LogP contribution in [-0.2, 0) is 14.8 Å². The molecule has 142 valence electrons. The van der Waals surface area contributed by atoms with Gasteiger partial charge in [-0.1, -0.05) is 6.92 Å². The highest BCUT2D eigenvalue weighted by Crippen LogP contribution is 2.32. The molecule has 2 amide bonds. The van der Waals surface area contributed by atoms with E-state index in [1.807, 2.05) is 0 Å². The summed E-state index contributed by atoms with van der Waals surface area (Å²) in [5.41, 5.74) is -0.353. The molecule has 0 aromatic heterocycles. The van der Waals surface area contributed by atoms with Gasteiger partial charge in [-0.2, -0.15) is 0 Å². The van der Waals surface area contributed by atoms with Crippen LogP contribution in [0.3, 0.4) is 0 Å². The lowest BCUT2D eigenvalue weighted by molar-refractivity contribution is -0.123. The maximum absolute atomic E-state index is 13.2. The van der Waals surface area contributed by atoms with Crippen molar-refractivity contribution in [1.82, 2.24) is 4.72 Å². The summed E-state index contributed by atoms with van der Waals surface area (Å²) >= 11 is 0. The second-order valence-electron chi connectivity index (χ2n) is 5.75. The van der Waals surface area contributed by atoms with E-state index in [-0.39, 0.29) is 10.6 Å². The maximum Gasteiger partial charge on any atom is 0.265 e. The fourth-order valence-electron chi connectivity index (χ4n) is 2.49. The molecule has 1 atom stereocenters. The summed E-state index contributed by atoms with van der Waals surface area (Å²) in [6, 6.07) is 5.63. The number of rotatable bonds is 4. The summed E-state index contributed by atoms with van der Waals surface area (Å²) in [6.45, 7) is 1.76. The second kappa shape index (κ2) is 6.95. The van der Waals surface area contributed by atoms with Crippen molar-refractivity contribution in [2.24, 2.45) is 0 Å². The molecule has 2 aromatic rings. The van der Waals surface area contributed by atoms with Gasteiger partial charge in [0.15, 0.2) is 6.10 Å². The molecule has 2 N–H and O–H groups in total. The van der Waals surface area contributed by atoms with Crippen LogP contribution < -0.4 is 14.8 Å². The number of carbonyl (C=O) groups is 2. The van der Waals surface area contributed by atoms with E-state index in [1.54, 1.807) is 11.6 Å². The molecule has 7 nitrogen and oxygen atoms in total. The Morgan fingerprint density at radius 1 is 1.19 bits per heavy atom. The van der Waals surface area contributed by atoms with Gasteiger partial charge in [-0.3, -0.25) is 9.59 Å². The Labute approximate surface area is 153 Å². The lowest BCUT2D eigenvalue weighted by atomic mass is 10.2. The van der Waals surface area contributed by atoms with E-state index >= 15 is 0 Å². The molecule has 10 heteroatoms. The van der Waals surface area contributed by atoms with Crippen molar-refractivity contribution < 1.29 is 31.5 Å². The van der Waals surface area contributed by atoms with Crippen LogP contribution in [-0.4, -0.2) is 26.3 Å². The molecule has 3 rings (SSSR count). The van der Waals surface area contributed by atoms with E-state index in [1.165, 1.54) is 12.1 Å². The molecule has 1 aliphatic rings. The van der Waals surface area contributed by atoms with Crippen molar-refractivity contribution in [3.05, 3.63) is 53.6 Å². The third kappa shape index (κ3) is 3.90. The average Bonchev–Trinajstić information content (AvgIpc) is 2.59. The number of fused-ring (bicyclic) bond motifs is 1. The highest BCUT2D eigenvalue weighted by atomic mass is 32.2. The van der Waals surface area contributed by atoms with E-state index < -0.39 is 45.1 Å². The van der Waals surface area contributed by atoms with Crippen LogP contribution in [0.4, 0.5) is 14.5 Å². The molecule has 0 aliphatic carbocycles. The second-order valence-corrected chi connectivity index (χ2v) is 7.44. The average molecular weight is 396 g/mol. The largest absolute Gasteiger partial charge is 0.478 e. The van der Waals surface area contributed by atoms with Crippen LogP contribution in [0.2, 0.25) is 0 Å². The Bertz CT molecular complexity index is 1020. The Kier molecular flexibility index (Phi) is 4.83. The number of anilines is 1. The summed E-state index contributed by atoms with van der Waals surface area (Å²) in [4.78, 5) is 23.6. The first kappa shape index (κ1) is 18.8. The van der Waals surface area contributed by atoms with E-state index in [4.69, 9.17) is 4.74 Å². The number of hydrogen-bond acceptors (Lipinski definition) is 5. The lowest BCUT2D eigenvalue weighted by Gasteiger charge is -2.25. The zero-order valence-electron chi connectivity index (χ0n) is 14.0. The zero-order chi connectivity index (χ0) is 19.8. The van der Waals surface area contributed by atoms with Crippen LogP contribution in [0.15, 0.2) is 41.3 Å². The van der Waals surface area contributed by atoms with Gasteiger partial charge in [0.05, 0.1) is 10.6 Å². The smallest absolute Gasteiger partial charge is 0.265 e. The first-order valence-electron chi connectivity index (χ1n) is 7.84. The van der Waals surface area contributed by atoms with Crippen molar-refractivity contribution in [1.29, 1.82) is 0 Å². The highest BCUT2D eigenvalue weighted by Gasteiger charge is 2.28.